The fourth-order valence-corrected chi connectivity index (χ4v) is 0.598. The molecule has 1 atom stereocenters. The molecule has 1 unspecified atom stereocenters. The second-order valence-electron chi connectivity index (χ2n) is 1.87. The van der Waals surface area contributed by atoms with E-state index in [9.17, 15) is 0 Å². The summed E-state index contributed by atoms with van der Waals surface area (Å²) < 4.78 is 75.3. The van der Waals surface area contributed by atoms with Crippen LogP contribution < -0.4 is 5.31 Å². The maximum Gasteiger partial charge on any atom is 0.293 e. The van der Waals surface area contributed by atoms with Gasteiger partial charge in [0.05, 0.1) is 12.9 Å². The van der Waals surface area contributed by atoms with Gasteiger partial charge in [0.1, 0.15) is 7.16 Å². The van der Waals surface area contributed by atoms with Gasteiger partial charge in [-0.25, -0.2) is 0 Å². The fourth-order valence-electron chi connectivity index (χ4n) is 0.598. The van der Waals surface area contributed by atoms with Crippen molar-refractivity contribution in [1.29, 1.82) is 2.86 Å². The van der Waals surface area contributed by atoms with E-state index < -0.39 is 48.1 Å². The van der Waals surface area contributed by atoms with E-state index in [1.807, 2.05) is 0 Å². The first-order chi connectivity index (χ1) is 9.97. The Hall–Kier alpha value is -1.06. The van der Waals surface area contributed by atoms with Crippen LogP contribution in [-0.4, -0.2) is 26.6 Å². The predicted molar refractivity (Wildman–Crippen MR) is 47.0 cm³/mol. The van der Waals surface area contributed by atoms with Crippen molar-refractivity contribution < 1.29 is 21.2 Å². The Kier molecular flexibility index (Phi) is 0.840. The highest BCUT2D eigenvalue weighted by Gasteiger charge is 2.05. The van der Waals surface area contributed by atoms with E-state index in [1.54, 1.807) is 0 Å². The Balaban J connectivity index is 3.84. The molecule has 0 heterocycles. The number of hydrogen-bond donors (Lipinski definition) is 3. The minimum absolute atomic E-state index is 0.173. The topological polar surface area (TPSA) is 52.5 Å². The van der Waals surface area contributed by atoms with Crippen LogP contribution in [0.3, 0.4) is 0 Å². The monoisotopic (exact) mass is 177 g/mol. The smallest absolute Gasteiger partial charge is 0.293 e. The molecule has 0 fully saturated rings. The van der Waals surface area contributed by atoms with Gasteiger partial charge in [-0.2, -0.15) is 0 Å². The molecule has 0 radical (unpaired) electrons. The zero-order valence-electron chi connectivity index (χ0n) is 16.3. The van der Waals surface area contributed by atoms with Crippen LogP contribution in [0.1, 0.15) is 21.2 Å². The first-order valence-corrected chi connectivity index (χ1v) is 3.08. The van der Waals surface area contributed by atoms with Gasteiger partial charge in [0.2, 0.25) is 1.43 Å². The third-order valence-electron chi connectivity index (χ3n) is 1.04. The van der Waals surface area contributed by atoms with Gasteiger partial charge in [0, 0.05) is 9.24 Å². The molecule has 0 aliphatic carbocycles. The Morgan fingerprint density at radius 3 is 3.58 bits per heavy atom. The summed E-state index contributed by atoms with van der Waals surface area (Å²) in [4.78, 5) is 0. The highest BCUT2D eigenvalue weighted by Crippen LogP contribution is 2.17. The van der Waals surface area contributed by atoms with Crippen molar-refractivity contribution in [2.24, 2.45) is 0 Å². The van der Waals surface area contributed by atoms with E-state index in [0.717, 1.165) is 7.05 Å². The SMILES string of the molecule is [2H]Oc1c([2H])c([2H])c([2H])c(C([2H])(O[2H])C([2H])([2H])N([2H])C)c1[2H]. The molecule has 12 heavy (non-hydrogen) atoms. The number of benzene rings is 1. The average molecular weight is 177 g/mol. The van der Waals surface area contributed by atoms with Crippen LogP contribution in [0, 0.1) is 0 Å². The summed E-state index contributed by atoms with van der Waals surface area (Å²) >= 11 is 0. The minimum atomic E-state index is -3.05. The molecule has 3 nitrogen and oxygen atoms in total. The number of phenolic OH excluding ortho intramolecular Hbond substituents is 1. The lowest BCUT2D eigenvalue weighted by Gasteiger charge is -2.09. The largest absolute Gasteiger partial charge is 0.508 e. The standard InChI is InChI=1S/C9H13NO2/c1-10-6-9(12)7-3-2-4-8(11)5-7/h2-5,9-12H,6H2,1H3/i2D,3D,4D,5D,6D2,9D,12D/hD2. The summed E-state index contributed by atoms with van der Waals surface area (Å²) in [5.41, 5.74) is -0.880. The fraction of sp³-hybridized carbons (Fsp3) is 0.333. The van der Waals surface area contributed by atoms with E-state index in [0.29, 0.717) is 0 Å². The van der Waals surface area contributed by atoms with Crippen LogP contribution in [0.25, 0.3) is 0 Å². The molecular weight excluding hydrogens is 154 g/mol. The first-order valence-electron chi connectivity index (χ1n) is 7.84. The Bertz CT molecular complexity index is 580. The van der Waals surface area contributed by atoms with Gasteiger partial charge in [0.25, 0.3) is 1.43 Å². The second kappa shape index (κ2) is 4.09. The maximum atomic E-state index is 8.02. The molecule has 0 saturated carbocycles. The first kappa shape index (κ1) is 2.47. The number of rotatable bonds is 5. The molecule has 0 amide bonds. The van der Waals surface area contributed by atoms with Crippen LogP contribution in [0.4, 0.5) is 0 Å². The molecule has 0 aliphatic rings. The summed E-state index contributed by atoms with van der Waals surface area (Å²) in [6.45, 7) is -2.98. The molecule has 0 bridgehead atoms. The molecular formula is C9H13NO2. The number of aromatic hydroxyl groups is 1. The van der Waals surface area contributed by atoms with Crippen molar-refractivity contribution in [1.82, 2.24) is 5.31 Å². The van der Waals surface area contributed by atoms with Crippen LogP contribution >= 0.6 is 0 Å². The Labute approximate surface area is 85.9 Å². The van der Waals surface area contributed by atoms with E-state index >= 15 is 0 Å². The second-order valence-corrected chi connectivity index (χ2v) is 1.87. The zero-order valence-corrected chi connectivity index (χ0v) is 6.26. The molecule has 3 heteroatoms. The summed E-state index contributed by atoms with van der Waals surface area (Å²) in [5.74, 6) is -0.770. The summed E-state index contributed by atoms with van der Waals surface area (Å²) in [6, 6.07) is -3.34. The Morgan fingerprint density at radius 2 is 2.92 bits per heavy atom. The lowest BCUT2D eigenvalue weighted by molar-refractivity contribution is 0.177. The van der Waals surface area contributed by atoms with Crippen LogP contribution in [-0.2, 0) is 0 Å². The molecule has 1 aromatic carbocycles. The molecule has 0 spiro atoms. The lowest BCUT2D eigenvalue weighted by Crippen LogP contribution is -2.16. The molecule has 0 saturated heterocycles. The molecule has 66 valence electrons. The number of nitrogens with one attached hydrogen (secondary N) is 1. The summed E-state index contributed by atoms with van der Waals surface area (Å²) in [5, 5.41) is 8.31. The summed E-state index contributed by atoms with van der Waals surface area (Å²) in [7, 11) is 0.942. The Morgan fingerprint density at radius 1 is 2.00 bits per heavy atom. The highest BCUT2D eigenvalue weighted by molar-refractivity contribution is 5.28. The summed E-state index contributed by atoms with van der Waals surface area (Å²) in [6.07, 6.45) is -3.05. The van der Waals surface area contributed by atoms with Crippen LogP contribution in [0.2, 0.25) is 1.41 Å². The van der Waals surface area contributed by atoms with Gasteiger partial charge in [0.15, 0.2) is 0 Å². The predicted octanol–water partition coefficient (Wildman–Crippen LogP) is 0.645. The van der Waals surface area contributed by atoms with Crippen molar-refractivity contribution in [3.63, 3.8) is 0 Å². The number of likely N-dealkylation sites (N-methyl/N-ethyl adjacent to an activating group) is 1. The van der Waals surface area contributed by atoms with E-state index in [-0.39, 0.29) is 5.31 Å². The van der Waals surface area contributed by atoms with Crippen LogP contribution in [0.15, 0.2) is 24.2 Å². The molecule has 1 rings (SSSR count). The average Bonchev–Trinajstić information content (AvgIpc) is 2.45. The number of phenols is 1. The van der Waals surface area contributed by atoms with E-state index in [1.165, 1.54) is 0 Å². The molecule has 1 aromatic rings. The van der Waals surface area contributed by atoms with Crippen molar-refractivity contribution in [2.75, 3.05) is 13.5 Å². The van der Waals surface area contributed by atoms with Crippen LogP contribution in [0.5, 0.6) is 5.75 Å². The van der Waals surface area contributed by atoms with E-state index in [2.05, 4.69) is 10.2 Å². The third kappa shape index (κ3) is 2.22. The lowest BCUT2D eigenvalue weighted by atomic mass is 10.1. The van der Waals surface area contributed by atoms with E-state index in [4.69, 9.17) is 13.9 Å². The van der Waals surface area contributed by atoms with Gasteiger partial charge in [-0.05, 0) is 24.7 Å². The highest BCUT2D eigenvalue weighted by atomic mass is 16.3. The molecule has 0 aromatic heterocycles. The van der Waals surface area contributed by atoms with Crippen molar-refractivity contribution in [2.45, 2.75) is 6.08 Å². The van der Waals surface area contributed by atoms with Gasteiger partial charge in [-0.3, -0.25) is 0 Å². The molecule has 3 N–H and O–H groups in total. The molecule has 0 aliphatic heterocycles. The maximum absolute atomic E-state index is 8.02. The van der Waals surface area contributed by atoms with Gasteiger partial charge in [-0.1, -0.05) is 12.1 Å². The zero-order chi connectivity index (χ0) is 17.5. The quantitative estimate of drug-likeness (QED) is 0.619. The minimum Gasteiger partial charge on any atom is -0.508 e. The van der Waals surface area contributed by atoms with Crippen molar-refractivity contribution in [3.8, 4) is 5.75 Å². The number of aliphatic hydroxyl groups is 1. The number of hydrogen-bond acceptors (Lipinski definition) is 3. The van der Waals surface area contributed by atoms with Gasteiger partial charge < -0.3 is 15.5 Å². The normalized spacial score (nSPS) is 28.5. The van der Waals surface area contributed by atoms with Crippen molar-refractivity contribution >= 4 is 0 Å². The van der Waals surface area contributed by atoms with Gasteiger partial charge >= 0.3 is 0 Å². The van der Waals surface area contributed by atoms with Gasteiger partial charge in [-0.15, -0.1) is 0 Å². The third-order valence-corrected chi connectivity index (χ3v) is 1.04. The van der Waals surface area contributed by atoms with Crippen molar-refractivity contribution in [3.05, 3.63) is 29.7 Å².